The van der Waals surface area contributed by atoms with Crippen molar-refractivity contribution in [2.45, 2.75) is 26.2 Å². The van der Waals surface area contributed by atoms with E-state index in [1.165, 1.54) is 57.6 Å². The largest absolute Gasteiger partial charge is 0.218 e. The number of H-pyrrole nitrogens is 1. The highest BCUT2D eigenvalue weighted by Crippen LogP contribution is 2.30. The third kappa shape index (κ3) is 2.67. The molecular weight excluding hydrogens is 290 g/mol. The molecule has 0 bridgehead atoms. The normalized spacial score (nSPS) is 11.2. The van der Waals surface area contributed by atoms with Crippen molar-refractivity contribution < 1.29 is 4.98 Å². The number of aromatic nitrogens is 1. The van der Waals surface area contributed by atoms with Gasteiger partial charge in [-0.05, 0) is 47.4 Å². The SMILES string of the molecule is CCCCc1ccc(-c2[nH+]ccc3c2ccc2ccccc23)cc1. The molecule has 4 aromatic rings. The molecule has 0 unspecified atom stereocenters. The number of aromatic amines is 1. The summed E-state index contributed by atoms with van der Waals surface area (Å²) in [5.41, 5.74) is 3.86. The van der Waals surface area contributed by atoms with E-state index in [4.69, 9.17) is 0 Å². The molecule has 0 radical (unpaired) electrons. The van der Waals surface area contributed by atoms with Crippen LogP contribution >= 0.6 is 0 Å². The Labute approximate surface area is 143 Å². The molecule has 118 valence electrons. The molecule has 0 fully saturated rings. The maximum Gasteiger partial charge on any atom is 0.218 e. The highest BCUT2D eigenvalue weighted by atomic mass is 14.7. The fourth-order valence-electron chi connectivity index (χ4n) is 3.44. The second-order valence-corrected chi connectivity index (χ2v) is 6.40. The molecule has 1 heterocycles. The number of unbranched alkanes of at least 4 members (excludes halogenated alkanes) is 1. The van der Waals surface area contributed by atoms with Crippen LogP contribution in [0.25, 0.3) is 32.8 Å². The lowest BCUT2D eigenvalue weighted by Crippen LogP contribution is -2.06. The van der Waals surface area contributed by atoms with E-state index < -0.39 is 0 Å². The average Bonchev–Trinajstić information content (AvgIpc) is 2.66. The zero-order chi connectivity index (χ0) is 16.4. The minimum Gasteiger partial charge on any atom is -0.211 e. The van der Waals surface area contributed by atoms with Gasteiger partial charge in [0.2, 0.25) is 5.69 Å². The second kappa shape index (κ2) is 6.45. The van der Waals surface area contributed by atoms with Gasteiger partial charge in [0, 0.05) is 17.0 Å². The van der Waals surface area contributed by atoms with Crippen molar-refractivity contribution in [3.8, 4) is 11.3 Å². The van der Waals surface area contributed by atoms with E-state index in [2.05, 4.69) is 84.8 Å². The van der Waals surface area contributed by atoms with Crippen molar-refractivity contribution in [1.29, 1.82) is 0 Å². The van der Waals surface area contributed by atoms with E-state index >= 15 is 0 Å². The molecule has 3 aromatic carbocycles. The molecule has 0 saturated heterocycles. The summed E-state index contributed by atoms with van der Waals surface area (Å²) in [6.45, 7) is 2.24. The van der Waals surface area contributed by atoms with E-state index in [9.17, 15) is 0 Å². The Morgan fingerprint density at radius 3 is 2.42 bits per heavy atom. The third-order valence-electron chi connectivity index (χ3n) is 4.78. The molecule has 0 atom stereocenters. The number of fused-ring (bicyclic) bond motifs is 3. The summed E-state index contributed by atoms with van der Waals surface area (Å²) in [7, 11) is 0. The van der Waals surface area contributed by atoms with E-state index in [0.29, 0.717) is 0 Å². The summed E-state index contributed by atoms with van der Waals surface area (Å²) < 4.78 is 0. The van der Waals surface area contributed by atoms with Crippen LogP contribution in [-0.2, 0) is 6.42 Å². The number of hydrogen-bond acceptors (Lipinski definition) is 0. The van der Waals surface area contributed by atoms with E-state index in [-0.39, 0.29) is 0 Å². The molecule has 1 heteroatoms. The Morgan fingerprint density at radius 1 is 0.750 bits per heavy atom. The standard InChI is InChI=1S/C23H21N/c1-2-3-6-17-9-11-19(12-10-17)23-22-14-13-18-7-4-5-8-20(18)21(22)15-16-24-23/h4-5,7-16H,2-3,6H2,1H3/p+1. The first-order valence-electron chi connectivity index (χ1n) is 8.78. The van der Waals surface area contributed by atoms with Gasteiger partial charge >= 0.3 is 0 Å². The zero-order valence-electron chi connectivity index (χ0n) is 14.0. The van der Waals surface area contributed by atoms with Crippen molar-refractivity contribution in [2.75, 3.05) is 0 Å². The third-order valence-corrected chi connectivity index (χ3v) is 4.78. The van der Waals surface area contributed by atoms with E-state index in [0.717, 1.165) is 0 Å². The summed E-state index contributed by atoms with van der Waals surface area (Å²) in [6, 6.07) is 24.2. The highest BCUT2D eigenvalue weighted by molar-refractivity contribution is 6.10. The minimum absolute atomic E-state index is 1.17. The van der Waals surface area contributed by atoms with Crippen LogP contribution in [0.2, 0.25) is 0 Å². The fraction of sp³-hybridized carbons (Fsp3) is 0.174. The average molecular weight is 312 g/mol. The highest BCUT2D eigenvalue weighted by Gasteiger charge is 2.12. The molecule has 1 aromatic heterocycles. The van der Waals surface area contributed by atoms with Gasteiger partial charge in [-0.25, -0.2) is 4.98 Å². The first kappa shape index (κ1) is 14.9. The monoisotopic (exact) mass is 312 g/mol. The van der Waals surface area contributed by atoms with Crippen LogP contribution < -0.4 is 4.98 Å². The van der Waals surface area contributed by atoms with Crippen LogP contribution in [0, 0.1) is 0 Å². The maximum atomic E-state index is 3.46. The molecule has 0 aliphatic carbocycles. The lowest BCUT2D eigenvalue weighted by Gasteiger charge is -2.06. The summed E-state index contributed by atoms with van der Waals surface area (Å²) in [4.78, 5) is 3.46. The van der Waals surface area contributed by atoms with Crippen LogP contribution in [0.3, 0.4) is 0 Å². The van der Waals surface area contributed by atoms with Crippen molar-refractivity contribution in [2.24, 2.45) is 0 Å². The lowest BCUT2D eigenvalue weighted by molar-refractivity contribution is -0.362. The van der Waals surface area contributed by atoms with Crippen LogP contribution in [0.15, 0.2) is 72.9 Å². The van der Waals surface area contributed by atoms with Gasteiger partial charge in [0.05, 0.1) is 5.39 Å². The Hall–Kier alpha value is -2.67. The van der Waals surface area contributed by atoms with Gasteiger partial charge < -0.3 is 0 Å². The number of rotatable bonds is 4. The van der Waals surface area contributed by atoms with Crippen LogP contribution in [-0.4, -0.2) is 0 Å². The molecule has 0 spiro atoms. The molecule has 24 heavy (non-hydrogen) atoms. The number of aryl methyl sites for hydroxylation is 1. The summed E-state index contributed by atoms with van der Waals surface area (Å²) in [6.07, 6.45) is 5.72. The first-order chi connectivity index (χ1) is 11.9. The fourth-order valence-corrected chi connectivity index (χ4v) is 3.44. The lowest BCUT2D eigenvalue weighted by atomic mass is 9.98. The summed E-state index contributed by atoms with van der Waals surface area (Å²) in [5, 5.41) is 5.18. The topological polar surface area (TPSA) is 14.1 Å². The number of hydrogen-bond donors (Lipinski definition) is 0. The number of benzene rings is 3. The van der Waals surface area contributed by atoms with Gasteiger partial charge in [-0.1, -0.05) is 55.8 Å². The Morgan fingerprint density at radius 2 is 1.58 bits per heavy atom. The molecular formula is C23H22N+. The summed E-state index contributed by atoms with van der Waals surface area (Å²) in [5.74, 6) is 0. The van der Waals surface area contributed by atoms with Gasteiger partial charge in [-0.15, -0.1) is 0 Å². The smallest absolute Gasteiger partial charge is 0.211 e. The summed E-state index contributed by atoms with van der Waals surface area (Å²) >= 11 is 0. The first-order valence-corrected chi connectivity index (χ1v) is 8.78. The predicted molar refractivity (Wildman–Crippen MR) is 102 cm³/mol. The van der Waals surface area contributed by atoms with E-state index in [1.54, 1.807) is 0 Å². The van der Waals surface area contributed by atoms with Gasteiger partial charge in [-0.3, -0.25) is 0 Å². The van der Waals surface area contributed by atoms with Crippen LogP contribution in [0.1, 0.15) is 25.3 Å². The van der Waals surface area contributed by atoms with Gasteiger partial charge in [-0.2, -0.15) is 0 Å². The predicted octanol–water partition coefficient (Wildman–Crippen LogP) is 5.82. The van der Waals surface area contributed by atoms with E-state index in [1.807, 2.05) is 0 Å². The van der Waals surface area contributed by atoms with Crippen molar-refractivity contribution in [3.63, 3.8) is 0 Å². The molecule has 0 aliphatic heterocycles. The second-order valence-electron chi connectivity index (χ2n) is 6.40. The Kier molecular flexibility index (Phi) is 4.00. The zero-order valence-corrected chi connectivity index (χ0v) is 14.0. The number of nitrogens with one attached hydrogen (secondary N) is 1. The van der Waals surface area contributed by atoms with Gasteiger partial charge in [0.1, 0.15) is 0 Å². The molecule has 0 amide bonds. The molecule has 1 nitrogen and oxygen atoms in total. The van der Waals surface area contributed by atoms with Crippen LogP contribution in [0.4, 0.5) is 0 Å². The van der Waals surface area contributed by atoms with Crippen LogP contribution in [0.5, 0.6) is 0 Å². The molecule has 0 aliphatic rings. The minimum atomic E-state index is 1.17. The van der Waals surface area contributed by atoms with Crippen molar-refractivity contribution in [1.82, 2.24) is 0 Å². The molecule has 4 rings (SSSR count). The van der Waals surface area contributed by atoms with Gasteiger partial charge in [0.25, 0.3) is 0 Å². The quantitative estimate of drug-likeness (QED) is 0.422. The van der Waals surface area contributed by atoms with Gasteiger partial charge in [0.15, 0.2) is 6.20 Å². The maximum absolute atomic E-state index is 3.46. The van der Waals surface area contributed by atoms with Crippen molar-refractivity contribution >= 4 is 21.5 Å². The Balaban J connectivity index is 1.83. The molecule has 1 N–H and O–H groups in total. The number of pyridine rings is 1. The van der Waals surface area contributed by atoms with Crippen molar-refractivity contribution in [3.05, 3.63) is 78.5 Å². The molecule has 0 saturated carbocycles. The Bertz CT molecular complexity index is 984.